The summed E-state index contributed by atoms with van der Waals surface area (Å²) < 4.78 is 87.3. The minimum absolute atomic E-state index is 0. The van der Waals surface area contributed by atoms with Gasteiger partial charge in [0.1, 0.15) is 0 Å². The van der Waals surface area contributed by atoms with Crippen LogP contribution < -0.4 is 3.27 Å². The van der Waals surface area contributed by atoms with Crippen molar-refractivity contribution in [3.63, 3.8) is 0 Å². The van der Waals surface area contributed by atoms with E-state index in [-0.39, 0.29) is 46.5 Å². The minimum Gasteiger partial charge on any atom is -0.147 e. The Morgan fingerprint density at radius 3 is 1.34 bits per heavy atom. The molecule has 2 aliphatic rings. The van der Waals surface area contributed by atoms with Crippen LogP contribution in [0.2, 0.25) is 0 Å². The third-order valence-corrected chi connectivity index (χ3v) is 18.8. The summed E-state index contributed by atoms with van der Waals surface area (Å²) >= 11 is -3.60. The molecule has 0 aliphatic heterocycles. The molecular weight excluding hydrogens is 865 g/mol. The van der Waals surface area contributed by atoms with Crippen LogP contribution in [-0.4, -0.2) is 3.21 Å². The van der Waals surface area contributed by atoms with Crippen LogP contribution in [-0.2, 0) is 61.7 Å². The quantitative estimate of drug-likeness (QED) is 0.158. The molecule has 4 aromatic carbocycles. The van der Waals surface area contributed by atoms with Crippen molar-refractivity contribution in [3.8, 4) is 11.1 Å². The van der Waals surface area contributed by atoms with Gasteiger partial charge in [-0.2, -0.15) is 0 Å². The van der Waals surface area contributed by atoms with E-state index in [0.717, 1.165) is 27.5 Å². The summed E-state index contributed by atoms with van der Waals surface area (Å²) in [6, 6.07) is 17.8. The fourth-order valence-electron chi connectivity index (χ4n) is 8.45. The van der Waals surface area contributed by atoms with Gasteiger partial charge < -0.3 is 0 Å². The standard InChI is InChI=1S/C29H41.C15H8F6.C5H5.2ClH.Zr/c1-26(2,3)22-14-18-13-19-15-23(27(4,5)6)25(29(10,11)12)17-21(19)20(18)16-24(22)28(7,8)9;16-14(17,18)12-5-1-10(2-6-12)9-11-3-7-13(8-4-11)15(19,20)21;1-2-4-5-3-1;;;/h14,16-17H,13H2,1-12H3;1-8H;1-3H,4H2;2*1H;. The summed E-state index contributed by atoms with van der Waals surface area (Å²) in [7, 11) is 0. The molecule has 2 aliphatic carbocycles. The van der Waals surface area contributed by atoms with Gasteiger partial charge in [0.25, 0.3) is 0 Å². The second kappa shape index (κ2) is 16.3. The van der Waals surface area contributed by atoms with E-state index in [2.05, 4.69) is 120 Å². The van der Waals surface area contributed by atoms with Crippen LogP contribution in [0.3, 0.4) is 0 Å². The summed E-state index contributed by atoms with van der Waals surface area (Å²) in [4.78, 5) is 0. The third-order valence-electron chi connectivity index (χ3n) is 11.1. The average Bonchev–Trinajstić information content (AvgIpc) is 3.72. The summed E-state index contributed by atoms with van der Waals surface area (Å²) in [6.45, 7) is 27.0. The van der Waals surface area contributed by atoms with Gasteiger partial charge in [0.2, 0.25) is 0 Å². The Balaban J connectivity index is 0.00000372. The molecule has 0 atom stereocenters. The van der Waals surface area contributed by atoms with Gasteiger partial charge in [0.15, 0.2) is 0 Å². The smallest absolute Gasteiger partial charge is 0.147 e. The Bertz CT molecular complexity index is 2220. The Hall–Kier alpha value is -2.73. The van der Waals surface area contributed by atoms with E-state index in [0.29, 0.717) is 24.0 Å². The van der Waals surface area contributed by atoms with E-state index in [1.54, 1.807) is 0 Å². The second-order valence-electron chi connectivity index (χ2n) is 19.7. The van der Waals surface area contributed by atoms with E-state index in [4.69, 9.17) is 0 Å². The Kier molecular flexibility index (Phi) is 13.5. The SMILES string of the molecule is CC(C)(C)c1cc2c(cc1C(C)(C)C)-c1cc(C(C)(C)C)c(C(C)(C)C)[c]([Zr]([C]3=CC=CC3)=[C](c3ccc(C(F)(F)F)cc3)c3ccc(C(F)(F)F)cc3)c1C2.Cl.Cl. The van der Waals surface area contributed by atoms with Crippen molar-refractivity contribution in [2.24, 2.45) is 0 Å². The van der Waals surface area contributed by atoms with Crippen LogP contribution >= 0.6 is 24.8 Å². The molecule has 0 unspecified atom stereocenters. The fourth-order valence-corrected chi connectivity index (χ4v) is 17.5. The van der Waals surface area contributed by atoms with E-state index in [9.17, 15) is 26.3 Å². The molecule has 312 valence electrons. The van der Waals surface area contributed by atoms with Gasteiger partial charge in [-0.3, -0.25) is 0 Å². The Morgan fingerprint density at radius 1 is 0.534 bits per heavy atom. The Morgan fingerprint density at radius 2 is 0.966 bits per heavy atom. The van der Waals surface area contributed by atoms with Crippen LogP contribution in [0.4, 0.5) is 26.3 Å². The van der Waals surface area contributed by atoms with Crippen molar-refractivity contribution in [3.05, 3.63) is 144 Å². The summed E-state index contributed by atoms with van der Waals surface area (Å²) in [6.07, 6.45) is -1.32. The first kappa shape index (κ1) is 47.9. The predicted octanol–water partition coefficient (Wildman–Crippen LogP) is 14.7. The molecule has 0 N–H and O–H groups in total. The van der Waals surface area contributed by atoms with Crippen LogP contribution in [0, 0.1) is 0 Å². The van der Waals surface area contributed by atoms with Gasteiger partial charge in [0, 0.05) is 0 Å². The maximum atomic E-state index is 14.0. The number of halogens is 8. The van der Waals surface area contributed by atoms with Gasteiger partial charge in [-0.05, 0) is 0 Å². The zero-order chi connectivity index (χ0) is 41.6. The van der Waals surface area contributed by atoms with Crippen molar-refractivity contribution < 1.29 is 47.6 Å². The normalized spacial score (nSPS) is 14.3. The zero-order valence-electron chi connectivity index (χ0n) is 35.6. The molecule has 0 saturated carbocycles. The largest absolute Gasteiger partial charge is 0.147 e. The van der Waals surface area contributed by atoms with Gasteiger partial charge >= 0.3 is 339 Å². The number of fused-ring (bicyclic) bond motifs is 3. The molecule has 0 amide bonds. The summed E-state index contributed by atoms with van der Waals surface area (Å²) in [5, 5.41) is 0. The Labute approximate surface area is 361 Å². The molecule has 4 aromatic rings. The number of hydrogen-bond donors (Lipinski definition) is 0. The summed E-state index contributed by atoms with van der Waals surface area (Å²) in [5.41, 5.74) is 8.93. The molecule has 0 saturated heterocycles. The number of hydrogen-bond acceptors (Lipinski definition) is 0. The third kappa shape index (κ3) is 9.43. The number of alkyl halides is 6. The molecule has 6 rings (SSSR count). The molecule has 0 heterocycles. The number of allylic oxidation sites excluding steroid dienone is 4. The van der Waals surface area contributed by atoms with Gasteiger partial charge in [-0.15, -0.1) is 24.8 Å². The molecule has 0 radical (unpaired) electrons. The second-order valence-corrected chi connectivity index (χ2v) is 25.5. The van der Waals surface area contributed by atoms with Crippen LogP contribution in [0.15, 0.2) is 88.2 Å². The molecule has 0 bridgehead atoms. The maximum absolute atomic E-state index is 14.0. The first-order valence-electron chi connectivity index (χ1n) is 19.4. The van der Waals surface area contributed by atoms with Crippen molar-refractivity contribution in [1.29, 1.82) is 0 Å². The number of rotatable bonds is 4. The molecular formula is C49H56Cl2F6Zr. The fraction of sp³-hybridized carbons (Fsp3) is 0.408. The van der Waals surface area contributed by atoms with Crippen molar-refractivity contribution in [1.82, 2.24) is 0 Å². The first-order chi connectivity index (χ1) is 25.6. The molecule has 9 heteroatoms. The van der Waals surface area contributed by atoms with Crippen molar-refractivity contribution >= 4 is 31.3 Å². The van der Waals surface area contributed by atoms with Gasteiger partial charge in [-0.1, -0.05) is 0 Å². The van der Waals surface area contributed by atoms with Gasteiger partial charge in [0.05, 0.1) is 0 Å². The van der Waals surface area contributed by atoms with Crippen molar-refractivity contribution in [2.45, 2.75) is 130 Å². The average molecular weight is 921 g/mol. The summed E-state index contributed by atoms with van der Waals surface area (Å²) in [5.74, 6) is 0. The van der Waals surface area contributed by atoms with Crippen LogP contribution in [0.1, 0.15) is 145 Å². The first-order valence-corrected chi connectivity index (χ1v) is 23.1. The number of benzene rings is 4. The molecule has 0 spiro atoms. The zero-order valence-corrected chi connectivity index (χ0v) is 39.7. The van der Waals surface area contributed by atoms with Crippen LogP contribution in [0.25, 0.3) is 11.1 Å². The van der Waals surface area contributed by atoms with Gasteiger partial charge in [-0.25, -0.2) is 0 Å². The van der Waals surface area contributed by atoms with Crippen molar-refractivity contribution in [2.75, 3.05) is 0 Å². The van der Waals surface area contributed by atoms with E-state index < -0.39 is 44.7 Å². The minimum atomic E-state index is -4.53. The van der Waals surface area contributed by atoms with E-state index >= 15 is 0 Å². The van der Waals surface area contributed by atoms with E-state index in [1.165, 1.54) is 75.3 Å². The maximum Gasteiger partial charge on any atom is -0.147 e. The molecule has 0 aromatic heterocycles. The predicted molar refractivity (Wildman–Crippen MR) is 232 cm³/mol. The topological polar surface area (TPSA) is 0 Å². The molecule has 0 nitrogen and oxygen atoms in total. The molecule has 0 fully saturated rings. The van der Waals surface area contributed by atoms with E-state index in [1.807, 2.05) is 0 Å². The van der Waals surface area contributed by atoms with Crippen LogP contribution in [0.5, 0.6) is 0 Å². The monoisotopic (exact) mass is 918 g/mol. The molecule has 58 heavy (non-hydrogen) atoms.